The Kier molecular flexibility index (Phi) is 5.07. The molecule has 15 heavy (non-hydrogen) atoms. The molecule has 0 aliphatic carbocycles. The van der Waals surface area contributed by atoms with E-state index in [0.717, 1.165) is 25.8 Å². The molecule has 0 radical (unpaired) electrons. The van der Waals surface area contributed by atoms with Gasteiger partial charge in [-0.2, -0.15) is 0 Å². The second-order valence-corrected chi connectivity index (χ2v) is 4.08. The number of piperidine rings is 1. The fourth-order valence-corrected chi connectivity index (χ4v) is 2.12. The summed E-state index contributed by atoms with van der Waals surface area (Å²) in [5, 5.41) is 29.3. The Morgan fingerprint density at radius 1 is 1.47 bits per heavy atom. The van der Waals surface area contributed by atoms with Crippen LogP contribution in [0.25, 0.3) is 0 Å². The Morgan fingerprint density at radius 2 is 2.20 bits per heavy atom. The molecule has 6 heteroatoms. The molecule has 0 amide bonds. The van der Waals surface area contributed by atoms with Gasteiger partial charge in [0.1, 0.15) is 6.04 Å². The average molecular weight is 215 g/mol. The standard InChI is InChI=1S/C9H18BNO4/c12-9(13)8-7(4-2-6-11-8)3-1-5-10(14)15/h7-8,11,14-15H,1-6H2,(H,12,13)/t7-,8+/m1/s1. The van der Waals surface area contributed by atoms with Crippen molar-refractivity contribution >= 4 is 13.1 Å². The van der Waals surface area contributed by atoms with Gasteiger partial charge in [-0.1, -0.05) is 6.42 Å². The van der Waals surface area contributed by atoms with Gasteiger partial charge in [-0.05, 0) is 38.0 Å². The number of nitrogens with one attached hydrogen (secondary N) is 1. The third-order valence-electron chi connectivity index (χ3n) is 2.89. The van der Waals surface area contributed by atoms with E-state index in [1.807, 2.05) is 0 Å². The molecule has 1 aliphatic heterocycles. The van der Waals surface area contributed by atoms with Crippen molar-refractivity contribution in [3.8, 4) is 0 Å². The molecule has 1 aliphatic rings. The van der Waals surface area contributed by atoms with Crippen molar-refractivity contribution in [2.45, 2.75) is 38.0 Å². The molecule has 1 rings (SSSR count). The van der Waals surface area contributed by atoms with Gasteiger partial charge in [0.15, 0.2) is 0 Å². The van der Waals surface area contributed by atoms with E-state index in [9.17, 15) is 4.79 Å². The molecule has 0 unspecified atom stereocenters. The zero-order chi connectivity index (χ0) is 11.3. The van der Waals surface area contributed by atoms with E-state index in [-0.39, 0.29) is 5.92 Å². The molecule has 0 saturated carbocycles. The zero-order valence-corrected chi connectivity index (χ0v) is 8.72. The number of carboxylic acid groups (broad SMARTS) is 1. The van der Waals surface area contributed by atoms with E-state index < -0.39 is 19.1 Å². The molecule has 5 nitrogen and oxygen atoms in total. The third kappa shape index (κ3) is 4.19. The topological polar surface area (TPSA) is 89.8 Å². The summed E-state index contributed by atoms with van der Waals surface area (Å²) < 4.78 is 0. The van der Waals surface area contributed by atoms with Crippen molar-refractivity contribution < 1.29 is 19.9 Å². The van der Waals surface area contributed by atoms with Gasteiger partial charge >= 0.3 is 13.1 Å². The second kappa shape index (κ2) is 6.10. The molecule has 86 valence electrons. The average Bonchev–Trinajstić information content (AvgIpc) is 2.17. The highest BCUT2D eigenvalue weighted by Crippen LogP contribution is 2.22. The van der Waals surface area contributed by atoms with Crippen molar-refractivity contribution in [3.63, 3.8) is 0 Å². The minimum absolute atomic E-state index is 0.120. The summed E-state index contributed by atoms with van der Waals surface area (Å²) in [6, 6.07) is -0.463. The fourth-order valence-electron chi connectivity index (χ4n) is 2.12. The van der Waals surface area contributed by atoms with E-state index in [2.05, 4.69) is 5.32 Å². The van der Waals surface area contributed by atoms with Gasteiger partial charge in [-0.25, -0.2) is 0 Å². The Bertz CT molecular complexity index is 212. The number of rotatable bonds is 5. The maximum Gasteiger partial charge on any atom is 0.451 e. The lowest BCUT2D eigenvalue weighted by atomic mass is 9.79. The summed E-state index contributed by atoms with van der Waals surface area (Å²) in [4.78, 5) is 10.9. The molecule has 0 spiro atoms. The van der Waals surface area contributed by atoms with Crippen LogP contribution in [0.5, 0.6) is 0 Å². The highest BCUT2D eigenvalue weighted by atomic mass is 16.4. The summed E-state index contributed by atoms with van der Waals surface area (Å²) in [7, 11) is -1.27. The monoisotopic (exact) mass is 215 g/mol. The van der Waals surface area contributed by atoms with Gasteiger partial charge in [0, 0.05) is 0 Å². The minimum atomic E-state index is -1.27. The normalized spacial score (nSPS) is 26.3. The smallest absolute Gasteiger partial charge is 0.451 e. The number of hydrogen-bond donors (Lipinski definition) is 4. The Balaban J connectivity index is 2.33. The number of aliphatic carboxylic acids is 1. The first-order valence-corrected chi connectivity index (χ1v) is 5.43. The highest BCUT2D eigenvalue weighted by Gasteiger charge is 2.29. The second-order valence-electron chi connectivity index (χ2n) is 4.08. The summed E-state index contributed by atoms with van der Waals surface area (Å²) in [5.41, 5.74) is 0. The Labute approximate surface area is 89.6 Å². The molecular formula is C9H18BNO4. The molecule has 0 aromatic rings. The molecule has 0 aromatic heterocycles. The first kappa shape index (κ1) is 12.5. The van der Waals surface area contributed by atoms with Crippen LogP contribution in [0.3, 0.4) is 0 Å². The van der Waals surface area contributed by atoms with Crippen LogP contribution in [0.2, 0.25) is 6.32 Å². The minimum Gasteiger partial charge on any atom is -0.480 e. The molecule has 2 atom stereocenters. The van der Waals surface area contributed by atoms with Gasteiger partial charge in [0.2, 0.25) is 0 Å². The summed E-state index contributed by atoms with van der Waals surface area (Å²) >= 11 is 0. The van der Waals surface area contributed by atoms with E-state index in [1.165, 1.54) is 0 Å². The van der Waals surface area contributed by atoms with E-state index in [4.69, 9.17) is 15.2 Å². The molecule has 0 bridgehead atoms. The van der Waals surface area contributed by atoms with Gasteiger partial charge in [0.05, 0.1) is 0 Å². The van der Waals surface area contributed by atoms with Crippen LogP contribution >= 0.6 is 0 Å². The fraction of sp³-hybridized carbons (Fsp3) is 0.889. The SMILES string of the molecule is O=C(O)[C@H]1NCCC[C@H]1CCCB(O)O. The van der Waals surface area contributed by atoms with E-state index in [0.29, 0.717) is 12.7 Å². The van der Waals surface area contributed by atoms with Gasteiger partial charge in [-0.3, -0.25) is 4.79 Å². The van der Waals surface area contributed by atoms with Gasteiger partial charge in [0.25, 0.3) is 0 Å². The largest absolute Gasteiger partial charge is 0.480 e. The molecule has 1 heterocycles. The first-order chi connectivity index (χ1) is 7.11. The van der Waals surface area contributed by atoms with Crippen molar-refractivity contribution in [2.75, 3.05) is 6.54 Å². The van der Waals surface area contributed by atoms with Crippen LogP contribution in [-0.2, 0) is 4.79 Å². The maximum absolute atomic E-state index is 10.9. The van der Waals surface area contributed by atoms with E-state index >= 15 is 0 Å². The summed E-state index contributed by atoms with van der Waals surface area (Å²) in [6.07, 6.45) is 3.62. The van der Waals surface area contributed by atoms with Crippen molar-refractivity contribution in [1.82, 2.24) is 5.32 Å². The highest BCUT2D eigenvalue weighted by molar-refractivity contribution is 6.40. The van der Waals surface area contributed by atoms with E-state index in [1.54, 1.807) is 0 Å². The predicted octanol–water partition coefficient (Wildman–Crippen LogP) is -0.308. The van der Waals surface area contributed by atoms with Crippen LogP contribution in [0, 0.1) is 5.92 Å². The zero-order valence-electron chi connectivity index (χ0n) is 8.72. The van der Waals surface area contributed by atoms with Crippen LogP contribution in [0.15, 0.2) is 0 Å². The number of carbonyl (C=O) groups is 1. The summed E-state index contributed by atoms with van der Waals surface area (Å²) in [5.74, 6) is -0.681. The Morgan fingerprint density at radius 3 is 2.80 bits per heavy atom. The summed E-state index contributed by atoms with van der Waals surface area (Å²) in [6.45, 7) is 0.760. The van der Waals surface area contributed by atoms with Gasteiger partial charge in [-0.15, -0.1) is 0 Å². The van der Waals surface area contributed by atoms with Crippen molar-refractivity contribution in [3.05, 3.63) is 0 Å². The lowest BCUT2D eigenvalue weighted by Crippen LogP contribution is -2.46. The lowest BCUT2D eigenvalue weighted by molar-refractivity contribution is -0.141. The van der Waals surface area contributed by atoms with Crippen molar-refractivity contribution in [1.29, 1.82) is 0 Å². The molecular weight excluding hydrogens is 197 g/mol. The number of hydrogen-bond acceptors (Lipinski definition) is 4. The molecule has 0 aromatic carbocycles. The van der Waals surface area contributed by atoms with Crippen LogP contribution in [0.4, 0.5) is 0 Å². The van der Waals surface area contributed by atoms with Gasteiger partial charge < -0.3 is 20.5 Å². The van der Waals surface area contributed by atoms with Crippen LogP contribution in [0.1, 0.15) is 25.7 Å². The van der Waals surface area contributed by atoms with Crippen LogP contribution < -0.4 is 5.32 Å². The van der Waals surface area contributed by atoms with Crippen molar-refractivity contribution in [2.24, 2.45) is 5.92 Å². The Hall–Kier alpha value is -0.585. The predicted molar refractivity (Wildman–Crippen MR) is 56.4 cm³/mol. The molecule has 1 saturated heterocycles. The number of carboxylic acids is 1. The lowest BCUT2D eigenvalue weighted by Gasteiger charge is -2.29. The van der Waals surface area contributed by atoms with Crippen LogP contribution in [-0.4, -0.2) is 40.8 Å². The third-order valence-corrected chi connectivity index (χ3v) is 2.89. The molecule has 4 N–H and O–H groups in total. The molecule has 1 fully saturated rings. The quantitative estimate of drug-likeness (QED) is 0.472. The first-order valence-electron chi connectivity index (χ1n) is 5.43. The maximum atomic E-state index is 10.9.